The molecule has 0 fully saturated rings. The van der Waals surface area contributed by atoms with E-state index in [2.05, 4.69) is 10.4 Å². The number of anilines is 1. The molecule has 1 N–H and O–H groups in total. The van der Waals surface area contributed by atoms with E-state index >= 15 is 4.39 Å². The molecule has 2 aromatic carbocycles. The first-order chi connectivity index (χ1) is 15.6. The summed E-state index contributed by atoms with van der Waals surface area (Å²) in [4.78, 5) is 14.4. The number of para-hydroxylation sites is 1. The van der Waals surface area contributed by atoms with Crippen LogP contribution in [-0.4, -0.2) is 28.9 Å². The summed E-state index contributed by atoms with van der Waals surface area (Å²) < 4.78 is 28.5. The summed E-state index contributed by atoms with van der Waals surface area (Å²) in [6.07, 6.45) is 0. The number of carbonyl (C=O) groups is 1. The van der Waals surface area contributed by atoms with Gasteiger partial charge in [-0.2, -0.15) is 9.78 Å². The maximum Gasteiger partial charge on any atom is 0.284 e. The molecule has 0 atom stereocenters. The lowest BCUT2D eigenvalue weighted by molar-refractivity contribution is 0.0936. The fourth-order valence-corrected chi connectivity index (χ4v) is 4.48. The number of nitrogens with one attached hydrogen (secondary N) is 1. The molecule has 3 heterocycles. The molecule has 2 aromatic heterocycles. The minimum Gasteiger partial charge on any atom is -0.486 e. The van der Waals surface area contributed by atoms with E-state index in [9.17, 15) is 4.79 Å². The van der Waals surface area contributed by atoms with Crippen molar-refractivity contribution in [1.29, 1.82) is 0 Å². The first kappa shape index (κ1) is 20.5. The number of hydrogen-bond donors (Lipinski definition) is 1. The predicted octanol–water partition coefficient (Wildman–Crippen LogP) is 5.48. The second-order valence-electron chi connectivity index (χ2n) is 6.98. The molecule has 0 saturated carbocycles. The number of hydrogen-bond acceptors (Lipinski definition) is 6. The number of fused-ring (bicyclic) bond motifs is 1. The van der Waals surface area contributed by atoms with E-state index in [4.69, 9.17) is 21.1 Å². The van der Waals surface area contributed by atoms with E-state index in [0.29, 0.717) is 34.6 Å². The Morgan fingerprint density at radius 1 is 1.09 bits per heavy atom. The van der Waals surface area contributed by atoms with Crippen LogP contribution < -0.4 is 14.8 Å². The van der Waals surface area contributed by atoms with Crippen molar-refractivity contribution in [1.82, 2.24) is 9.78 Å². The van der Waals surface area contributed by atoms with Crippen molar-refractivity contribution >= 4 is 34.7 Å². The van der Waals surface area contributed by atoms with E-state index in [1.807, 2.05) is 12.1 Å². The topological polar surface area (TPSA) is 65.4 Å². The van der Waals surface area contributed by atoms with E-state index < -0.39 is 11.7 Å². The van der Waals surface area contributed by atoms with Crippen LogP contribution in [0.5, 0.6) is 11.5 Å². The number of ether oxygens (including phenoxy) is 2. The van der Waals surface area contributed by atoms with E-state index in [1.165, 1.54) is 11.3 Å². The fraction of sp³-hybridized carbons (Fsp3) is 0.130. The van der Waals surface area contributed by atoms with Gasteiger partial charge in [-0.3, -0.25) is 4.79 Å². The van der Waals surface area contributed by atoms with Crippen LogP contribution in [0.15, 0.2) is 60.7 Å². The van der Waals surface area contributed by atoms with Gasteiger partial charge in [0.2, 0.25) is 0 Å². The highest BCUT2D eigenvalue weighted by atomic mass is 35.5. The first-order valence-electron chi connectivity index (χ1n) is 9.87. The number of nitrogens with zero attached hydrogens (tertiary/aromatic N) is 2. The second-order valence-corrected chi connectivity index (χ2v) is 8.78. The van der Waals surface area contributed by atoms with E-state index in [0.717, 1.165) is 9.56 Å². The normalized spacial score (nSPS) is 12.6. The molecule has 32 heavy (non-hydrogen) atoms. The number of benzene rings is 2. The molecule has 5 rings (SSSR count). The van der Waals surface area contributed by atoms with Crippen molar-refractivity contribution in [2.45, 2.75) is 6.54 Å². The Balaban J connectivity index is 1.58. The molecule has 0 saturated heterocycles. The Labute approximate surface area is 192 Å². The van der Waals surface area contributed by atoms with Gasteiger partial charge >= 0.3 is 0 Å². The Kier molecular flexibility index (Phi) is 5.55. The molecule has 1 aliphatic rings. The van der Waals surface area contributed by atoms with Crippen LogP contribution >= 0.6 is 22.9 Å². The molecule has 0 spiro atoms. The molecule has 0 bridgehead atoms. The Morgan fingerprint density at radius 3 is 2.69 bits per heavy atom. The van der Waals surface area contributed by atoms with Crippen molar-refractivity contribution in [2.75, 3.05) is 18.5 Å². The number of carbonyl (C=O) groups excluding carboxylic acids is 1. The zero-order valence-electron chi connectivity index (χ0n) is 16.7. The van der Waals surface area contributed by atoms with Crippen LogP contribution in [0.3, 0.4) is 0 Å². The molecular formula is C23H17ClFN3O3S. The van der Waals surface area contributed by atoms with Crippen LogP contribution in [0.2, 0.25) is 4.34 Å². The van der Waals surface area contributed by atoms with Crippen LogP contribution in [0, 0.1) is 5.82 Å². The highest BCUT2D eigenvalue weighted by Gasteiger charge is 2.28. The van der Waals surface area contributed by atoms with Crippen molar-refractivity contribution < 1.29 is 18.7 Å². The molecule has 0 amide bonds. The van der Waals surface area contributed by atoms with Gasteiger partial charge in [-0.05, 0) is 24.3 Å². The minimum absolute atomic E-state index is 0.0345. The van der Waals surface area contributed by atoms with Gasteiger partial charge in [-0.1, -0.05) is 48.0 Å². The molecule has 0 unspecified atom stereocenters. The van der Waals surface area contributed by atoms with Crippen LogP contribution in [-0.2, 0) is 6.54 Å². The minimum atomic E-state index is -0.617. The Bertz CT molecular complexity index is 1290. The molecule has 0 radical (unpaired) electrons. The summed E-state index contributed by atoms with van der Waals surface area (Å²) in [6.45, 7) is 1.01. The Hall–Kier alpha value is -3.36. The van der Waals surface area contributed by atoms with Crippen molar-refractivity contribution in [3.05, 3.63) is 81.3 Å². The van der Waals surface area contributed by atoms with Crippen molar-refractivity contribution in [3.63, 3.8) is 0 Å². The van der Waals surface area contributed by atoms with Gasteiger partial charge in [0.05, 0.1) is 16.4 Å². The predicted molar refractivity (Wildman–Crippen MR) is 121 cm³/mol. The Morgan fingerprint density at radius 2 is 1.91 bits per heavy atom. The van der Waals surface area contributed by atoms with Gasteiger partial charge in [0.1, 0.15) is 18.9 Å². The summed E-state index contributed by atoms with van der Waals surface area (Å²) in [7, 11) is 0. The highest BCUT2D eigenvalue weighted by molar-refractivity contribution is 7.16. The average Bonchev–Trinajstić information content (AvgIpc) is 3.40. The average molecular weight is 470 g/mol. The summed E-state index contributed by atoms with van der Waals surface area (Å²) in [6, 6.07) is 17.5. The lowest BCUT2D eigenvalue weighted by Crippen LogP contribution is -2.22. The summed E-state index contributed by atoms with van der Waals surface area (Å²) in [5, 5.41) is 7.35. The van der Waals surface area contributed by atoms with Gasteiger partial charge in [-0.25, -0.2) is 4.39 Å². The summed E-state index contributed by atoms with van der Waals surface area (Å²) in [5.41, 5.74) is 0.882. The smallest absolute Gasteiger partial charge is 0.284 e. The quantitative estimate of drug-likeness (QED) is 0.419. The largest absolute Gasteiger partial charge is 0.486 e. The van der Waals surface area contributed by atoms with Gasteiger partial charge in [0, 0.05) is 10.4 Å². The molecule has 1 aliphatic heterocycles. The second kappa shape index (κ2) is 8.64. The first-order valence-corrected chi connectivity index (χ1v) is 11.1. The van der Waals surface area contributed by atoms with Crippen molar-refractivity contribution in [2.24, 2.45) is 0 Å². The monoisotopic (exact) mass is 469 g/mol. The van der Waals surface area contributed by atoms with Gasteiger partial charge in [0.25, 0.3) is 5.91 Å². The van der Waals surface area contributed by atoms with Gasteiger partial charge < -0.3 is 14.8 Å². The SMILES string of the molecule is O=C(c1cccc2c1OCCO2)n1nc(-c2ccccc2)c(F)c1NCc1ccc(Cl)s1. The number of thiophene rings is 1. The van der Waals surface area contributed by atoms with Crippen LogP contribution in [0.25, 0.3) is 11.3 Å². The summed E-state index contributed by atoms with van der Waals surface area (Å²) in [5.74, 6) is -0.375. The molecule has 6 nitrogen and oxygen atoms in total. The highest BCUT2D eigenvalue weighted by Crippen LogP contribution is 2.36. The lowest BCUT2D eigenvalue weighted by Gasteiger charge is -2.20. The molecule has 162 valence electrons. The molecular weight excluding hydrogens is 453 g/mol. The molecule has 4 aromatic rings. The number of aromatic nitrogens is 2. The number of rotatable bonds is 5. The van der Waals surface area contributed by atoms with E-state index in [-0.39, 0.29) is 23.6 Å². The van der Waals surface area contributed by atoms with Crippen molar-refractivity contribution in [3.8, 4) is 22.8 Å². The van der Waals surface area contributed by atoms with E-state index in [1.54, 1.807) is 48.5 Å². The molecule has 9 heteroatoms. The van der Waals surface area contributed by atoms with Crippen LogP contribution in [0.4, 0.5) is 10.2 Å². The van der Waals surface area contributed by atoms with Crippen LogP contribution in [0.1, 0.15) is 15.2 Å². The third-order valence-electron chi connectivity index (χ3n) is 4.92. The third kappa shape index (κ3) is 3.83. The maximum absolute atomic E-state index is 15.5. The fourth-order valence-electron chi connectivity index (χ4n) is 3.45. The zero-order chi connectivity index (χ0) is 22.1. The maximum atomic E-state index is 15.5. The number of halogens is 2. The third-order valence-corrected chi connectivity index (χ3v) is 6.15. The van der Waals surface area contributed by atoms with Gasteiger partial charge in [0.15, 0.2) is 23.1 Å². The standard InChI is InChI=1S/C23H17ClFN3O3S/c24-18-10-9-15(32-18)13-26-22-19(25)20(14-5-2-1-3-6-14)27-28(22)23(29)16-7-4-8-17-21(16)31-12-11-30-17/h1-10,26H,11-13H2. The van der Waals surface area contributed by atoms with Gasteiger partial charge in [-0.15, -0.1) is 11.3 Å². The summed E-state index contributed by atoms with van der Waals surface area (Å²) >= 11 is 7.38. The lowest BCUT2D eigenvalue weighted by atomic mass is 10.1. The molecule has 0 aliphatic carbocycles. The zero-order valence-corrected chi connectivity index (χ0v) is 18.3.